The molecule has 2 aromatic rings. The topological polar surface area (TPSA) is 76.3 Å². The molecular weight excluding hydrogens is 259 g/mol. The van der Waals surface area contributed by atoms with Gasteiger partial charge in [-0.2, -0.15) is 5.26 Å². The summed E-state index contributed by atoms with van der Waals surface area (Å²) in [5.74, 6) is -0.596. The maximum absolute atomic E-state index is 13.1. The zero-order valence-electron chi connectivity index (χ0n) is 10.8. The summed E-state index contributed by atoms with van der Waals surface area (Å²) in [4.78, 5) is 0. The van der Waals surface area contributed by atoms with Gasteiger partial charge in [-0.3, -0.25) is 0 Å². The lowest BCUT2D eigenvalue weighted by Crippen LogP contribution is -2.08. The molecule has 0 radical (unpaired) electrons. The molecule has 0 fully saturated rings. The number of aromatic hydroxyl groups is 2. The molecule has 4 nitrogen and oxygen atoms in total. The largest absolute Gasteiger partial charge is 0.507 e. The van der Waals surface area contributed by atoms with Crippen LogP contribution in [0, 0.1) is 17.1 Å². The van der Waals surface area contributed by atoms with Crippen molar-refractivity contribution in [2.75, 3.05) is 5.32 Å². The van der Waals surface area contributed by atoms with Crippen molar-refractivity contribution in [1.82, 2.24) is 0 Å². The molecule has 102 valence electrons. The van der Waals surface area contributed by atoms with Gasteiger partial charge in [0.1, 0.15) is 23.4 Å². The Morgan fingerprint density at radius 2 is 1.85 bits per heavy atom. The van der Waals surface area contributed by atoms with Crippen molar-refractivity contribution < 1.29 is 14.6 Å². The molecule has 2 rings (SSSR count). The summed E-state index contributed by atoms with van der Waals surface area (Å²) in [6, 6.07) is 9.70. The molecule has 0 amide bonds. The third-order valence-corrected chi connectivity index (χ3v) is 2.97. The first-order valence-electron chi connectivity index (χ1n) is 6.00. The van der Waals surface area contributed by atoms with E-state index in [0.717, 1.165) is 6.07 Å². The van der Waals surface area contributed by atoms with Gasteiger partial charge in [-0.1, -0.05) is 6.07 Å². The Bertz CT molecular complexity index is 660. The standard InChI is InChI=1S/C15H13FN2O2/c1-9(15-13(19)3-2-4-14(15)20)18-12-6-5-11(16)7-10(12)8-17/h2-7,9,18-20H,1H3. The van der Waals surface area contributed by atoms with Crippen molar-refractivity contribution >= 4 is 5.69 Å². The quantitative estimate of drug-likeness (QED) is 0.801. The van der Waals surface area contributed by atoms with E-state index in [4.69, 9.17) is 5.26 Å². The molecule has 0 aliphatic carbocycles. The molecule has 3 N–H and O–H groups in total. The van der Waals surface area contributed by atoms with Crippen LogP contribution in [0.4, 0.5) is 10.1 Å². The lowest BCUT2D eigenvalue weighted by Gasteiger charge is -2.18. The first kappa shape index (κ1) is 13.7. The van der Waals surface area contributed by atoms with Crippen LogP contribution in [-0.4, -0.2) is 10.2 Å². The van der Waals surface area contributed by atoms with Gasteiger partial charge in [-0.25, -0.2) is 4.39 Å². The Kier molecular flexibility index (Phi) is 3.76. The highest BCUT2D eigenvalue weighted by atomic mass is 19.1. The fourth-order valence-corrected chi connectivity index (χ4v) is 2.03. The van der Waals surface area contributed by atoms with Gasteiger partial charge >= 0.3 is 0 Å². The Morgan fingerprint density at radius 1 is 1.20 bits per heavy atom. The van der Waals surface area contributed by atoms with Gasteiger partial charge in [-0.15, -0.1) is 0 Å². The molecule has 0 aromatic heterocycles. The number of nitriles is 1. The fourth-order valence-electron chi connectivity index (χ4n) is 2.03. The van der Waals surface area contributed by atoms with Crippen molar-refractivity contribution in [1.29, 1.82) is 5.26 Å². The summed E-state index contributed by atoms with van der Waals surface area (Å²) in [5.41, 5.74) is 0.913. The van der Waals surface area contributed by atoms with E-state index >= 15 is 0 Å². The number of anilines is 1. The minimum absolute atomic E-state index is 0.0504. The highest BCUT2D eigenvalue weighted by Gasteiger charge is 2.16. The summed E-state index contributed by atoms with van der Waals surface area (Å²) in [6.07, 6.45) is 0. The van der Waals surface area contributed by atoms with Gasteiger partial charge in [0.2, 0.25) is 0 Å². The monoisotopic (exact) mass is 272 g/mol. The summed E-state index contributed by atoms with van der Waals surface area (Å²) in [6.45, 7) is 1.72. The Labute approximate surface area is 115 Å². The Hall–Kier alpha value is -2.74. The lowest BCUT2D eigenvalue weighted by atomic mass is 10.0. The number of phenolic OH excluding ortho intramolecular Hbond substituents is 2. The van der Waals surface area contributed by atoms with Crippen molar-refractivity contribution in [3.63, 3.8) is 0 Å². The van der Waals surface area contributed by atoms with Crippen LogP contribution in [-0.2, 0) is 0 Å². The van der Waals surface area contributed by atoms with Crippen LogP contribution in [0.2, 0.25) is 0 Å². The average Bonchev–Trinajstić information content (AvgIpc) is 2.40. The SMILES string of the molecule is CC(Nc1ccc(F)cc1C#N)c1c(O)cccc1O. The van der Waals surface area contributed by atoms with Crippen LogP contribution in [0.25, 0.3) is 0 Å². The molecule has 0 bridgehead atoms. The number of phenols is 2. The Balaban J connectivity index is 2.33. The second-order valence-corrected chi connectivity index (χ2v) is 4.38. The van der Waals surface area contributed by atoms with Crippen molar-refractivity contribution in [3.05, 3.63) is 53.3 Å². The summed E-state index contributed by atoms with van der Waals surface area (Å²) in [5, 5.41) is 31.5. The number of nitrogens with one attached hydrogen (secondary N) is 1. The summed E-state index contributed by atoms with van der Waals surface area (Å²) >= 11 is 0. The molecule has 0 aliphatic rings. The number of benzene rings is 2. The molecule has 20 heavy (non-hydrogen) atoms. The summed E-state index contributed by atoms with van der Waals surface area (Å²) < 4.78 is 13.1. The van der Waals surface area contributed by atoms with E-state index in [-0.39, 0.29) is 17.1 Å². The third-order valence-electron chi connectivity index (χ3n) is 2.97. The van der Waals surface area contributed by atoms with Gasteiger partial charge in [0.05, 0.1) is 22.9 Å². The highest BCUT2D eigenvalue weighted by Crippen LogP contribution is 2.34. The smallest absolute Gasteiger partial charge is 0.124 e. The predicted octanol–water partition coefficient (Wildman–Crippen LogP) is 3.28. The molecule has 0 saturated carbocycles. The molecule has 1 unspecified atom stereocenters. The zero-order chi connectivity index (χ0) is 14.7. The van der Waals surface area contributed by atoms with E-state index in [2.05, 4.69) is 5.32 Å². The molecule has 0 aliphatic heterocycles. The Morgan fingerprint density at radius 3 is 2.45 bits per heavy atom. The van der Waals surface area contributed by atoms with Crippen LogP contribution in [0.1, 0.15) is 24.1 Å². The van der Waals surface area contributed by atoms with Crippen molar-refractivity contribution in [3.8, 4) is 17.6 Å². The van der Waals surface area contributed by atoms with Crippen LogP contribution in [0.3, 0.4) is 0 Å². The van der Waals surface area contributed by atoms with Gasteiger partial charge in [0.15, 0.2) is 0 Å². The minimum Gasteiger partial charge on any atom is -0.507 e. The average molecular weight is 272 g/mol. The van der Waals surface area contributed by atoms with Crippen LogP contribution >= 0.6 is 0 Å². The van der Waals surface area contributed by atoms with Gasteiger partial charge in [0, 0.05) is 0 Å². The van der Waals surface area contributed by atoms with Crippen molar-refractivity contribution in [2.45, 2.75) is 13.0 Å². The maximum Gasteiger partial charge on any atom is 0.124 e. The van der Waals surface area contributed by atoms with Gasteiger partial charge < -0.3 is 15.5 Å². The molecular formula is C15H13FN2O2. The zero-order valence-corrected chi connectivity index (χ0v) is 10.8. The van der Waals surface area contributed by atoms with E-state index in [1.54, 1.807) is 6.92 Å². The molecule has 2 aromatic carbocycles. The third kappa shape index (κ3) is 2.64. The molecule has 1 atom stereocenters. The number of halogens is 1. The number of rotatable bonds is 3. The van der Waals surface area contributed by atoms with Gasteiger partial charge in [0.25, 0.3) is 0 Å². The van der Waals surface area contributed by atoms with E-state index in [1.165, 1.54) is 30.3 Å². The second kappa shape index (κ2) is 5.49. The number of hydrogen-bond donors (Lipinski definition) is 3. The van der Waals surface area contributed by atoms with E-state index in [9.17, 15) is 14.6 Å². The van der Waals surface area contributed by atoms with Crippen LogP contribution < -0.4 is 5.32 Å². The van der Waals surface area contributed by atoms with Crippen LogP contribution in [0.5, 0.6) is 11.5 Å². The molecule has 0 spiro atoms. The van der Waals surface area contributed by atoms with E-state index in [1.807, 2.05) is 6.07 Å². The highest BCUT2D eigenvalue weighted by molar-refractivity contribution is 5.59. The van der Waals surface area contributed by atoms with E-state index < -0.39 is 11.9 Å². The number of hydrogen-bond acceptors (Lipinski definition) is 4. The van der Waals surface area contributed by atoms with Crippen molar-refractivity contribution in [2.24, 2.45) is 0 Å². The first-order valence-corrected chi connectivity index (χ1v) is 6.00. The maximum atomic E-state index is 13.1. The van der Waals surface area contributed by atoms with Crippen LogP contribution in [0.15, 0.2) is 36.4 Å². The molecule has 5 heteroatoms. The molecule has 0 saturated heterocycles. The second-order valence-electron chi connectivity index (χ2n) is 4.38. The lowest BCUT2D eigenvalue weighted by molar-refractivity contribution is 0.434. The molecule has 0 heterocycles. The predicted molar refractivity (Wildman–Crippen MR) is 72.9 cm³/mol. The first-order chi connectivity index (χ1) is 9.52. The van der Waals surface area contributed by atoms with E-state index in [0.29, 0.717) is 11.3 Å². The minimum atomic E-state index is -0.495. The summed E-state index contributed by atoms with van der Waals surface area (Å²) in [7, 11) is 0. The normalized spacial score (nSPS) is 11.7. The fraction of sp³-hybridized carbons (Fsp3) is 0.133. The number of nitrogens with zero attached hydrogens (tertiary/aromatic N) is 1. The van der Waals surface area contributed by atoms with Gasteiger partial charge in [-0.05, 0) is 37.3 Å².